The Morgan fingerprint density at radius 1 is 1.15 bits per heavy atom. The molecule has 2 rings (SSSR count). The number of rotatable bonds is 0. The van der Waals surface area contributed by atoms with E-state index in [4.69, 9.17) is 17.3 Å². The van der Waals surface area contributed by atoms with Crippen LogP contribution >= 0.6 is 11.6 Å². The summed E-state index contributed by atoms with van der Waals surface area (Å²) in [5.41, 5.74) is 6.12. The number of benzene rings is 2. The molecule has 0 saturated carbocycles. The van der Waals surface area contributed by atoms with Crippen LogP contribution in [-0.4, -0.2) is 0 Å². The summed E-state index contributed by atoms with van der Waals surface area (Å²) >= 11 is 5.73. The van der Waals surface area contributed by atoms with Crippen LogP contribution in [0.1, 0.15) is 0 Å². The first kappa shape index (κ1) is 8.32. The Hall–Kier alpha value is -1.28. The van der Waals surface area contributed by atoms with Crippen molar-refractivity contribution in [3.63, 3.8) is 0 Å². The molecule has 66 valence electrons. The van der Waals surface area contributed by atoms with Gasteiger partial charge >= 0.3 is 0 Å². The van der Waals surface area contributed by atoms with E-state index in [-0.39, 0.29) is 10.8 Å². The fourth-order valence-corrected chi connectivity index (χ4v) is 1.52. The second-order valence-corrected chi connectivity index (χ2v) is 3.21. The monoisotopic (exact) mass is 195 g/mol. The largest absolute Gasteiger partial charge is 0.397 e. The van der Waals surface area contributed by atoms with Crippen molar-refractivity contribution in [2.45, 2.75) is 0 Å². The lowest BCUT2D eigenvalue weighted by atomic mass is 10.1. The molecule has 2 aromatic rings. The van der Waals surface area contributed by atoms with Gasteiger partial charge in [0, 0.05) is 10.8 Å². The summed E-state index contributed by atoms with van der Waals surface area (Å²) in [5.74, 6) is -0.338. The quantitative estimate of drug-likeness (QED) is 0.642. The van der Waals surface area contributed by atoms with E-state index >= 15 is 0 Å². The maximum atomic E-state index is 13.3. The van der Waals surface area contributed by atoms with Gasteiger partial charge in [-0.05, 0) is 6.07 Å². The summed E-state index contributed by atoms with van der Waals surface area (Å²) in [6, 6.07) is 8.23. The Balaban J connectivity index is 2.97. The molecule has 2 aromatic carbocycles. The number of anilines is 1. The van der Waals surface area contributed by atoms with Crippen LogP contribution in [0.25, 0.3) is 10.8 Å². The average molecular weight is 196 g/mol. The summed E-state index contributed by atoms with van der Waals surface area (Å²) in [7, 11) is 0. The molecule has 0 atom stereocenters. The van der Waals surface area contributed by atoms with Crippen LogP contribution in [0.2, 0.25) is 5.02 Å². The predicted octanol–water partition coefficient (Wildman–Crippen LogP) is 3.21. The highest BCUT2D eigenvalue weighted by atomic mass is 35.5. The molecule has 0 saturated heterocycles. The maximum absolute atomic E-state index is 13.3. The van der Waals surface area contributed by atoms with Gasteiger partial charge in [0.2, 0.25) is 0 Å². The summed E-state index contributed by atoms with van der Waals surface area (Å²) in [6.45, 7) is 0. The lowest BCUT2D eigenvalue weighted by Gasteiger charge is -2.04. The zero-order valence-electron chi connectivity index (χ0n) is 6.72. The number of nitrogens with two attached hydrogens (primary N) is 1. The zero-order valence-corrected chi connectivity index (χ0v) is 7.48. The van der Waals surface area contributed by atoms with Crippen molar-refractivity contribution >= 4 is 28.1 Å². The number of fused-ring (bicyclic) bond motifs is 1. The van der Waals surface area contributed by atoms with Crippen molar-refractivity contribution < 1.29 is 4.39 Å². The van der Waals surface area contributed by atoms with Gasteiger partial charge in [-0.3, -0.25) is 0 Å². The molecule has 0 aliphatic rings. The Bertz CT molecular complexity index is 468. The third-order valence-corrected chi connectivity index (χ3v) is 2.30. The van der Waals surface area contributed by atoms with Gasteiger partial charge in [-0.1, -0.05) is 35.9 Å². The van der Waals surface area contributed by atoms with Gasteiger partial charge in [0.15, 0.2) is 0 Å². The average Bonchev–Trinajstić information content (AvgIpc) is 2.15. The fraction of sp³-hybridized carbons (Fsp3) is 0. The lowest BCUT2D eigenvalue weighted by molar-refractivity contribution is 0.640. The Morgan fingerprint density at radius 3 is 2.46 bits per heavy atom. The second kappa shape index (κ2) is 2.89. The Morgan fingerprint density at radius 2 is 1.77 bits per heavy atom. The van der Waals surface area contributed by atoms with Crippen molar-refractivity contribution in [2.24, 2.45) is 0 Å². The minimum absolute atomic E-state index is 0.260. The van der Waals surface area contributed by atoms with Gasteiger partial charge < -0.3 is 5.73 Å². The van der Waals surface area contributed by atoms with E-state index in [1.54, 1.807) is 24.3 Å². The molecular weight excluding hydrogens is 189 g/mol. The van der Waals surface area contributed by atoms with E-state index < -0.39 is 0 Å². The highest BCUT2D eigenvalue weighted by Crippen LogP contribution is 2.30. The minimum atomic E-state index is -0.338. The molecule has 0 bridgehead atoms. The predicted molar refractivity (Wildman–Crippen MR) is 53.3 cm³/mol. The number of halogens is 2. The van der Waals surface area contributed by atoms with Crippen LogP contribution < -0.4 is 5.73 Å². The molecule has 2 N–H and O–H groups in total. The van der Waals surface area contributed by atoms with E-state index in [0.717, 1.165) is 0 Å². The van der Waals surface area contributed by atoms with Gasteiger partial charge in [0.1, 0.15) is 5.82 Å². The van der Waals surface area contributed by atoms with Crippen LogP contribution in [0.15, 0.2) is 30.3 Å². The van der Waals surface area contributed by atoms with Gasteiger partial charge in [0.25, 0.3) is 0 Å². The number of hydrogen-bond donors (Lipinski definition) is 1. The first-order valence-corrected chi connectivity index (χ1v) is 4.20. The van der Waals surface area contributed by atoms with E-state index in [2.05, 4.69) is 0 Å². The van der Waals surface area contributed by atoms with Crippen LogP contribution in [0, 0.1) is 5.82 Å². The molecule has 1 nitrogen and oxygen atoms in total. The van der Waals surface area contributed by atoms with Crippen LogP contribution in [0.5, 0.6) is 0 Å². The van der Waals surface area contributed by atoms with E-state index in [9.17, 15) is 4.39 Å². The first-order valence-electron chi connectivity index (χ1n) is 3.82. The first-order chi connectivity index (χ1) is 6.20. The number of nitrogen functional groups attached to an aromatic ring is 1. The SMILES string of the molecule is Nc1c(Cl)cc(F)c2ccccc12. The molecule has 0 aliphatic heterocycles. The Kier molecular flexibility index (Phi) is 1.85. The van der Waals surface area contributed by atoms with Crippen molar-refractivity contribution in [1.29, 1.82) is 0 Å². The van der Waals surface area contributed by atoms with Gasteiger partial charge in [0.05, 0.1) is 10.7 Å². The molecule has 3 heteroatoms. The molecule has 0 heterocycles. The normalized spacial score (nSPS) is 10.6. The minimum Gasteiger partial charge on any atom is -0.397 e. The summed E-state index contributed by atoms with van der Waals surface area (Å²) in [5, 5.41) is 1.42. The molecule has 0 aliphatic carbocycles. The second-order valence-electron chi connectivity index (χ2n) is 2.80. The molecule has 13 heavy (non-hydrogen) atoms. The molecule has 0 spiro atoms. The highest BCUT2D eigenvalue weighted by Gasteiger charge is 2.06. The summed E-state index contributed by atoms with van der Waals surface area (Å²) in [6.07, 6.45) is 0. The van der Waals surface area contributed by atoms with E-state index in [0.29, 0.717) is 16.5 Å². The third-order valence-electron chi connectivity index (χ3n) is 1.99. The van der Waals surface area contributed by atoms with Gasteiger partial charge in [-0.2, -0.15) is 0 Å². The smallest absolute Gasteiger partial charge is 0.132 e. The van der Waals surface area contributed by atoms with E-state index in [1.165, 1.54) is 6.07 Å². The topological polar surface area (TPSA) is 26.0 Å². The fourth-order valence-electron chi connectivity index (χ4n) is 1.32. The molecule has 0 amide bonds. The van der Waals surface area contributed by atoms with Crippen molar-refractivity contribution in [3.8, 4) is 0 Å². The lowest BCUT2D eigenvalue weighted by Crippen LogP contribution is -1.90. The number of hydrogen-bond acceptors (Lipinski definition) is 1. The molecule has 0 radical (unpaired) electrons. The van der Waals surface area contributed by atoms with Crippen LogP contribution in [-0.2, 0) is 0 Å². The molecule has 0 aromatic heterocycles. The summed E-state index contributed by atoms with van der Waals surface area (Å²) < 4.78 is 13.3. The van der Waals surface area contributed by atoms with Crippen molar-refractivity contribution in [3.05, 3.63) is 41.2 Å². The van der Waals surface area contributed by atoms with Gasteiger partial charge in [-0.15, -0.1) is 0 Å². The molecule has 0 unspecified atom stereocenters. The maximum Gasteiger partial charge on any atom is 0.132 e. The third kappa shape index (κ3) is 1.23. The molecular formula is C10H7ClFN. The summed E-state index contributed by atoms with van der Waals surface area (Å²) in [4.78, 5) is 0. The van der Waals surface area contributed by atoms with Crippen molar-refractivity contribution in [1.82, 2.24) is 0 Å². The standard InChI is InChI=1S/C10H7ClFN/c11-8-5-9(12)6-3-1-2-4-7(6)10(8)13/h1-5H,13H2. The van der Waals surface area contributed by atoms with Crippen LogP contribution in [0.3, 0.4) is 0 Å². The van der Waals surface area contributed by atoms with Crippen molar-refractivity contribution in [2.75, 3.05) is 5.73 Å². The van der Waals surface area contributed by atoms with E-state index in [1.807, 2.05) is 0 Å². The Labute approximate surface area is 79.9 Å². The van der Waals surface area contributed by atoms with Gasteiger partial charge in [-0.25, -0.2) is 4.39 Å². The zero-order chi connectivity index (χ0) is 9.42. The molecule has 0 fully saturated rings. The highest BCUT2D eigenvalue weighted by molar-refractivity contribution is 6.34. The van der Waals surface area contributed by atoms with Crippen LogP contribution in [0.4, 0.5) is 10.1 Å².